The molecule has 1 aliphatic carbocycles. The van der Waals surface area contributed by atoms with E-state index in [-0.39, 0.29) is 17.8 Å². The molecule has 0 amide bonds. The molecule has 5 aliphatic rings. The molecule has 5 heteroatoms. The predicted molar refractivity (Wildman–Crippen MR) is 98.1 cm³/mol. The smallest absolute Gasteiger partial charge is 0.316 e. The van der Waals surface area contributed by atoms with Crippen LogP contribution in [0, 0.1) is 17.3 Å². The second-order valence-electron chi connectivity index (χ2n) is 8.53. The van der Waals surface area contributed by atoms with Crippen molar-refractivity contribution < 1.29 is 14.3 Å². The number of fused-ring (bicyclic) bond motifs is 2. The summed E-state index contributed by atoms with van der Waals surface area (Å²) in [6.45, 7) is 4.12. The highest BCUT2D eigenvalue weighted by Gasteiger charge is 2.74. The van der Waals surface area contributed by atoms with Crippen LogP contribution in [0.25, 0.3) is 0 Å². The van der Waals surface area contributed by atoms with Crippen LogP contribution in [0.3, 0.4) is 0 Å². The Kier molecular flexibility index (Phi) is 3.34. The Morgan fingerprint density at radius 1 is 1.38 bits per heavy atom. The van der Waals surface area contributed by atoms with Crippen molar-refractivity contribution in [2.45, 2.75) is 44.2 Å². The van der Waals surface area contributed by atoms with Crippen molar-refractivity contribution in [3.63, 3.8) is 0 Å². The number of nitrogens with one attached hydrogen (secondary N) is 1. The summed E-state index contributed by atoms with van der Waals surface area (Å²) < 4.78 is 5.39. The fourth-order valence-corrected chi connectivity index (χ4v) is 6.75. The number of piperidine rings is 3. The van der Waals surface area contributed by atoms with Crippen molar-refractivity contribution >= 4 is 17.4 Å². The predicted octanol–water partition coefficient (Wildman–Crippen LogP) is 2.72. The molecule has 2 unspecified atom stereocenters. The Labute approximate surface area is 154 Å². The molecule has 6 rings (SSSR count). The van der Waals surface area contributed by atoms with Crippen molar-refractivity contribution in [2.24, 2.45) is 17.3 Å². The minimum atomic E-state index is -0.864. The van der Waals surface area contributed by atoms with Gasteiger partial charge in [0.15, 0.2) is 5.78 Å². The molecular formula is C21H26N2O3. The van der Waals surface area contributed by atoms with Gasteiger partial charge < -0.3 is 10.1 Å². The van der Waals surface area contributed by atoms with Crippen molar-refractivity contribution in [1.29, 1.82) is 0 Å². The van der Waals surface area contributed by atoms with Crippen LogP contribution in [0.1, 0.15) is 43.0 Å². The normalized spacial score (nSPS) is 42.5. The lowest BCUT2D eigenvalue weighted by Crippen LogP contribution is -2.79. The Morgan fingerprint density at radius 3 is 2.92 bits per heavy atom. The van der Waals surface area contributed by atoms with Gasteiger partial charge in [-0.1, -0.05) is 25.5 Å². The highest BCUT2D eigenvalue weighted by atomic mass is 16.5. The Hall–Kier alpha value is -1.88. The topological polar surface area (TPSA) is 58.6 Å². The number of anilines is 1. The summed E-state index contributed by atoms with van der Waals surface area (Å²) in [4.78, 5) is 29.5. The first kappa shape index (κ1) is 16.3. The quantitative estimate of drug-likeness (QED) is 0.828. The fraction of sp³-hybridized carbons (Fsp3) is 0.619. The van der Waals surface area contributed by atoms with Gasteiger partial charge in [0, 0.05) is 30.4 Å². The molecule has 1 spiro atoms. The lowest BCUT2D eigenvalue weighted by molar-refractivity contribution is -0.193. The first-order valence-electron chi connectivity index (χ1n) is 9.82. The maximum atomic E-state index is 13.7. The molecule has 1 aromatic carbocycles. The van der Waals surface area contributed by atoms with E-state index in [0.29, 0.717) is 18.3 Å². The highest BCUT2D eigenvalue weighted by Crippen LogP contribution is 2.62. The monoisotopic (exact) mass is 354 g/mol. The van der Waals surface area contributed by atoms with E-state index in [1.54, 1.807) is 0 Å². The van der Waals surface area contributed by atoms with E-state index in [1.165, 1.54) is 7.11 Å². The zero-order valence-corrected chi connectivity index (χ0v) is 15.5. The number of ether oxygens (including phenoxy) is 1. The molecule has 1 N–H and O–H groups in total. The summed E-state index contributed by atoms with van der Waals surface area (Å²) in [6, 6.07) is 7.77. The van der Waals surface area contributed by atoms with Crippen LogP contribution in [-0.2, 0) is 9.53 Å². The third-order valence-corrected chi connectivity index (χ3v) is 7.60. The number of carbonyl (C=O) groups excluding carboxylic acids is 2. The molecular weight excluding hydrogens is 328 g/mol. The number of hydrogen-bond donors (Lipinski definition) is 1. The molecule has 138 valence electrons. The molecule has 5 nitrogen and oxygen atoms in total. The van der Waals surface area contributed by atoms with Gasteiger partial charge in [-0.15, -0.1) is 0 Å². The third kappa shape index (κ3) is 1.70. The van der Waals surface area contributed by atoms with Crippen molar-refractivity contribution in [3.05, 3.63) is 29.8 Å². The Bertz CT molecular complexity index is 785. The molecule has 1 aromatic rings. The second-order valence-corrected chi connectivity index (χ2v) is 8.53. The van der Waals surface area contributed by atoms with Crippen LogP contribution in [-0.4, -0.2) is 48.4 Å². The zero-order chi connectivity index (χ0) is 18.1. The number of methoxy groups -OCH3 is 1. The molecule has 6 atom stereocenters. The molecule has 26 heavy (non-hydrogen) atoms. The first-order chi connectivity index (χ1) is 12.6. The maximum absolute atomic E-state index is 13.7. The van der Waals surface area contributed by atoms with E-state index in [0.717, 1.165) is 43.6 Å². The standard InChI is InChI=1S/C21H26N2O3/c1-3-14-10-13-11-20(19(25)26-2)17(14)23(12-13)9-8-21(20)18(24)15-6-4-5-7-16(15)22-21/h4-7,13-14,17,22H,3,8-12H2,1-2H3/t13-,14+,17+,20-,21?/m1/s1. The molecule has 4 fully saturated rings. The summed E-state index contributed by atoms with van der Waals surface area (Å²) in [5.74, 6) is 0.779. The molecule has 1 saturated carbocycles. The number of hydrogen-bond acceptors (Lipinski definition) is 5. The third-order valence-electron chi connectivity index (χ3n) is 7.60. The second kappa shape index (κ2) is 5.32. The summed E-state index contributed by atoms with van der Waals surface area (Å²) in [5.41, 5.74) is -0.0717. The number of esters is 1. The van der Waals surface area contributed by atoms with Gasteiger partial charge in [-0.25, -0.2) is 0 Å². The minimum absolute atomic E-state index is 0.0838. The molecule has 3 saturated heterocycles. The van der Waals surface area contributed by atoms with Crippen LogP contribution in [0.4, 0.5) is 5.69 Å². The van der Waals surface area contributed by atoms with Gasteiger partial charge in [0.05, 0.1) is 7.11 Å². The van der Waals surface area contributed by atoms with E-state index in [9.17, 15) is 9.59 Å². The lowest BCUT2D eigenvalue weighted by atomic mass is 9.47. The van der Waals surface area contributed by atoms with E-state index >= 15 is 0 Å². The number of benzene rings is 1. The molecule has 4 aliphatic heterocycles. The summed E-state index contributed by atoms with van der Waals surface area (Å²) >= 11 is 0. The van der Waals surface area contributed by atoms with Gasteiger partial charge in [-0.3, -0.25) is 14.5 Å². The molecule has 4 bridgehead atoms. The van der Waals surface area contributed by atoms with Crippen LogP contribution < -0.4 is 5.32 Å². The van der Waals surface area contributed by atoms with Gasteiger partial charge in [0.1, 0.15) is 11.0 Å². The highest BCUT2D eigenvalue weighted by molar-refractivity contribution is 6.16. The van der Waals surface area contributed by atoms with Crippen molar-refractivity contribution in [2.75, 3.05) is 25.5 Å². The van der Waals surface area contributed by atoms with Crippen LogP contribution in [0.5, 0.6) is 0 Å². The average molecular weight is 354 g/mol. The fourth-order valence-electron chi connectivity index (χ4n) is 6.75. The number of ketones is 1. The van der Waals surface area contributed by atoms with Crippen LogP contribution in [0.15, 0.2) is 24.3 Å². The van der Waals surface area contributed by atoms with E-state index in [2.05, 4.69) is 17.1 Å². The number of para-hydroxylation sites is 1. The first-order valence-corrected chi connectivity index (χ1v) is 9.82. The van der Waals surface area contributed by atoms with Gasteiger partial charge >= 0.3 is 5.97 Å². The largest absolute Gasteiger partial charge is 0.468 e. The molecule has 0 radical (unpaired) electrons. The van der Waals surface area contributed by atoms with Crippen molar-refractivity contribution in [1.82, 2.24) is 4.90 Å². The van der Waals surface area contributed by atoms with Gasteiger partial charge in [0.25, 0.3) is 0 Å². The zero-order valence-electron chi connectivity index (χ0n) is 15.5. The maximum Gasteiger partial charge on any atom is 0.316 e. The van der Waals surface area contributed by atoms with Crippen molar-refractivity contribution in [3.8, 4) is 0 Å². The SMILES string of the molecule is CC[C@H]1C[C@H]2CN3CCC4(Nc5ccccc5C4=O)[C@](C(=O)OC)(C2)[C@H]13. The van der Waals surface area contributed by atoms with Gasteiger partial charge in [-0.05, 0) is 43.2 Å². The van der Waals surface area contributed by atoms with Crippen LogP contribution >= 0.6 is 0 Å². The number of carbonyl (C=O) groups is 2. The van der Waals surface area contributed by atoms with E-state index in [4.69, 9.17) is 4.74 Å². The number of nitrogens with zero attached hydrogens (tertiary/aromatic N) is 1. The number of Topliss-reactive ketones (excluding diaryl/α,β-unsaturated/α-hetero) is 1. The van der Waals surface area contributed by atoms with E-state index in [1.807, 2.05) is 24.3 Å². The van der Waals surface area contributed by atoms with E-state index < -0.39 is 11.0 Å². The minimum Gasteiger partial charge on any atom is -0.468 e. The van der Waals surface area contributed by atoms with Gasteiger partial charge in [-0.2, -0.15) is 0 Å². The van der Waals surface area contributed by atoms with Gasteiger partial charge in [0.2, 0.25) is 0 Å². The lowest BCUT2D eigenvalue weighted by Gasteiger charge is -2.66. The Morgan fingerprint density at radius 2 is 2.19 bits per heavy atom. The summed E-state index contributed by atoms with van der Waals surface area (Å²) in [5, 5.41) is 3.56. The summed E-state index contributed by atoms with van der Waals surface area (Å²) in [6.07, 6.45) is 3.61. The molecule has 4 heterocycles. The Balaban J connectivity index is 1.72. The average Bonchev–Trinajstić information content (AvgIpc) is 2.97. The molecule has 0 aromatic heterocycles. The van der Waals surface area contributed by atoms with Crippen LogP contribution in [0.2, 0.25) is 0 Å². The number of rotatable bonds is 2. The summed E-state index contributed by atoms with van der Waals surface area (Å²) in [7, 11) is 1.47.